The zero-order chi connectivity index (χ0) is 32.5. The topological polar surface area (TPSA) is 108 Å². The fourth-order valence-corrected chi connectivity index (χ4v) is 4.79. The van der Waals surface area contributed by atoms with Crippen LogP contribution in [0.1, 0.15) is 38.7 Å². The predicted octanol–water partition coefficient (Wildman–Crippen LogP) is 7.88. The Kier molecular flexibility index (Phi) is 10.5. The average molecular weight is 623 g/mol. The molecule has 0 bridgehead atoms. The number of esters is 1. The van der Waals surface area contributed by atoms with Gasteiger partial charge in [0.25, 0.3) is 0 Å². The van der Waals surface area contributed by atoms with E-state index in [0.717, 1.165) is 21.9 Å². The van der Waals surface area contributed by atoms with E-state index in [1.807, 2.05) is 73.7 Å². The van der Waals surface area contributed by atoms with Crippen molar-refractivity contribution in [3.63, 3.8) is 0 Å². The number of aromatic nitrogens is 2. The predicted molar refractivity (Wildman–Crippen MR) is 173 cm³/mol. The van der Waals surface area contributed by atoms with Crippen LogP contribution in [0.3, 0.4) is 0 Å². The summed E-state index contributed by atoms with van der Waals surface area (Å²) < 4.78 is 31.3. The van der Waals surface area contributed by atoms with Crippen LogP contribution >= 0.6 is 0 Å². The minimum absolute atomic E-state index is 0.0248. The molecular weight excluding hydrogens is 587 g/mol. The first-order valence-corrected chi connectivity index (χ1v) is 15.2. The van der Waals surface area contributed by atoms with Gasteiger partial charge in [-0.2, -0.15) is 4.98 Å². The molecule has 0 radical (unpaired) electrons. The van der Waals surface area contributed by atoms with Crippen molar-refractivity contribution >= 4 is 22.7 Å². The Bertz CT molecular complexity index is 1810. The first kappa shape index (κ1) is 32.1. The maximum Gasteiger partial charge on any atom is 0.320 e. The molecule has 9 heteroatoms. The molecule has 1 heterocycles. The number of ether oxygens (including phenoxy) is 3. The highest BCUT2D eigenvalue weighted by Gasteiger charge is 2.28. The number of carboxylic acid groups (broad SMARTS) is 1. The van der Waals surface area contributed by atoms with Crippen LogP contribution in [0, 0.1) is 11.7 Å². The number of fused-ring (bicyclic) bond motifs is 1. The SMILES string of the molecule is CCC(C)OC(=O)C(CCCOc1ccc2cc(-c3nc(OCc4ccccc4F)cc(-c4ccccc4)n3)ccc2c1)C(=O)O. The molecule has 1 N–H and O–H groups in total. The summed E-state index contributed by atoms with van der Waals surface area (Å²) >= 11 is 0. The highest BCUT2D eigenvalue weighted by molar-refractivity contribution is 5.94. The smallest absolute Gasteiger partial charge is 0.320 e. The second-order valence-corrected chi connectivity index (χ2v) is 10.9. The Morgan fingerprint density at radius 2 is 1.59 bits per heavy atom. The van der Waals surface area contributed by atoms with Crippen molar-refractivity contribution in [2.45, 2.75) is 45.8 Å². The van der Waals surface area contributed by atoms with Crippen molar-refractivity contribution in [1.82, 2.24) is 9.97 Å². The standard InChI is InChI=1S/C37H35FN2O6/c1-3-24(2)46-37(43)31(36(41)42)13-9-19-44-30-18-17-26-20-28(16-15-27(26)21-30)35-39-33(25-10-5-4-6-11-25)22-34(40-35)45-23-29-12-7-8-14-32(29)38/h4-8,10-12,14-18,20-22,24,31H,3,9,13,19,23H2,1-2H3,(H,41,42). The third kappa shape index (κ3) is 8.24. The zero-order valence-electron chi connectivity index (χ0n) is 25.7. The molecule has 0 aliphatic rings. The number of carbonyl (C=O) groups is 2. The molecule has 5 aromatic rings. The van der Waals surface area contributed by atoms with Gasteiger partial charge < -0.3 is 19.3 Å². The summed E-state index contributed by atoms with van der Waals surface area (Å²) in [5.41, 5.74) is 2.78. The number of carboxylic acids is 1. The van der Waals surface area contributed by atoms with Gasteiger partial charge in [-0.3, -0.25) is 9.59 Å². The van der Waals surface area contributed by atoms with Crippen LogP contribution in [0.25, 0.3) is 33.4 Å². The van der Waals surface area contributed by atoms with E-state index >= 15 is 0 Å². The van der Waals surface area contributed by atoms with Gasteiger partial charge >= 0.3 is 11.9 Å². The maximum atomic E-state index is 14.2. The fraction of sp³-hybridized carbons (Fsp3) is 0.243. The molecule has 236 valence electrons. The van der Waals surface area contributed by atoms with Crippen molar-refractivity contribution in [3.05, 3.63) is 108 Å². The maximum absolute atomic E-state index is 14.2. The van der Waals surface area contributed by atoms with Crippen LogP contribution in [0.15, 0.2) is 97.1 Å². The molecule has 46 heavy (non-hydrogen) atoms. The van der Waals surface area contributed by atoms with Crippen LogP contribution in [0.4, 0.5) is 4.39 Å². The van der Waals surface area contributed by atoms with E-state index in [2.05, 4.69) is 4.98 Å². The molecule has 2 atom stereocenters. The van der Waals surface area contributed by atoms with Crippen molar-refractivity contribution in [2.24, 2.45) is 5.92 Å². The quantitative estimate of drug-likeness (QED) is 0.0757. The second-order valence-electron chi connectivity index (χ2n) is 10.9. The molecule has 4 aromatic carbocycles. The normalized spacial score (nSPS) is 12.3. The largest absolute Gasteiger partial charge is 0.494 e. The molecule has 0 aliphatic carbocycles. The van der Waals surface area contributed by atoms with Crippen LogP contribution in [0.2, 0.25) is 0 Å². The summed E-state index contributed by atoms with van der Waals surface area (Å²) in [5.74, 6) is -2.06. The van der Waals surface area contributed by atoms with Gasteiger partial charge in [0.2, 0.25) is 5.88 Å². The lowest BCUT2D eigenvalue weighted by Gasteiger charge is -2.16. The lowest BCUT2D eigenvalue weighted by Crippen LogP contribution is -2.29. The molecule has 0 fully saturated rings. The molecule has 0 spiro atoms. The number of halogens is 1. The third-order valence-corrected chi connectivity index (χ3v) is 7.56. The van der Waals surface area contributed by atoms with Crippen LogP contribution in [-0.4, -0.2) is 39.7 Å². The number of nitrogens with zero attached hydrogens (tertiary/aromatic N) is 2. The Labute approximate surface area is 266 Å². The summed E-state index contributed by atoms with van der Waals surface area (Å²) in [5, 5.41) is 11.3. The summed E-state index contributed by atoms with van der Waals surface area (Å²) in [6.45, 7) is 3.88. The zero-order valence-corrected chi connectivity index (χ0v) is 25.7. The first-order valence-electron chi connectivity index (χ1n) is 15.2. The molecule has 2 unspecified atom stereocenters. The number of aliphatic carboxylic acids is 1. The van der Waals surface area contributed by atoms with Crippen molar-refractivity contribution in [3.8, 4) is 34.3 Å². The van der Waals surface area contributed by atoms with Gasteiger partial charge in [0.05, 0.1) is 18.4 Å². The highest BCUT2D eigenvalue weighted by atomic mass is 19.1. The summed E-state index contributed by atoms with van der Waals surface area (Å²) in [4.78, 5) is 33.3. The van der Waals surface area contributed by atoms with E-state index in [1.54, 1.807) is 31.2 Å². The Balaban J connectivity index is 1.30. The second kappa shape index (κ2) is 15.1. The number of hydrogen-bond acceptors (Lipinski definition) is 7. The molecule has 0 aliphatic heterocycles. The van der Waals surface area contributed by atoms with E-state index < -0.39 is 17.9 Å². The number of carbonyl (C=O) groups excluding carboxylic acids is 1. The summed E-state index contributed by atoms with van der Waals surface area (Å²) in [7, 11) is 0. The minimum Gasteiger partial charge on any atom is -0.494 e. The van der Waals surface area contributed by atoms with Gasteiger partial charge in [0, 0.05) is 22.8 Å². The molecule has 8 nitrogen and oxygen atoms in total. The summed E-state index contributed by atoms with van der Waals surface area (Å²) in [6.07, 6.45) is 0.781. The van der Waals surface area contributed by atoms with Gasteiger partial charge in [-0.1, -0.05) is 73.7 Å². The Morgan fingerprint density at radius 3 is 2.35 bits per heavy atom. The number of rotatable bonds is 14. The van der Waals surface area contributed by atoms with E-state index in [9.17, 15) is 19.1 Å². The van der Waals surface area contributed by atoms with E-state index in [4.69, 9.17) is 19.2 Å². The van der Waals surface area contributed by atoms with Gasteiger partial charge in [0.1, 0.15) is 18.2 Å². The number of benzene rings is 4. The van der Waals surface area contributed by atoms with Crippen molar-refractivity contribution in [1.29, 1.82) is 0 Å². The van der Waals surface area contributed by atoms with Gasteiger partial charge in [-0.25, -0.2) is 9.37 Å². The molecule has 0 saturated heterocycles. The Hall–Kier alpha value is -5.31. The van der Waals surface area contributed by atoms with Crippen molar-refractivity contribution < 1.29 is 33.3 Å². The molecule has 0 amide bonds. The van der Waals surface area contributed by atoms with E-state index in [-0.39, 0.29) is 31.6 Å². The monoisotopic (exact) mass is 622 g/mol. The minimum atomic E-state index is -1.22. The molecule has 5 rings (SSSR count). The van der Waals surface area contributed by atoms with Crippen LogP contribution in [-0.2, 0) is 20.9 Å². The van der Waals surface area contributed by atoms with Gasteiger partial charge in [-0.15, -0.1) is 0 Å². The van der Waals surface area contributed by atoms with Gasteiger partial charge in [0.15, 0.2) is 11.7 Å². The lowest BCUT2D eigenvalue weighted by atomic mass is 10.0. The van der Waals surface area contributed by atoms with Crippen molar-refractivity contribution in [2.75, 3.05) is 6.61 Å². The lowest BCUT2D eigenvalue weighted by molar-refractivity contribution is -0.162. The number of hydrogen-bond donors (Lipinski definition) is 1. The fourth-order valence-electron chi connectivity index (χ4n) is 4.79. The highest BCUT2D eigenvalue weighted by Crippen LogP contribution is 2.29. The molecule has 0 saturated carbocycles. The first-order chi connectivity index (χ1) is 22.3. The third-order valence-electron chi connectivity index (χ3n) is 7.56. The van der Waals surface area contributed by atoms with Crippen LogP contribution < -0.4 is 9.47 Å². The molecular formula is C37H35FN2O6. The average Bonchev–Trinajstić information content (AvgIpc) is 3.07. The van der Waals surface area contributed by atoms with E-state index in [0.29, 0.717) is 41.6 Å². The van der Waals surface area contributed by atoms with Crippen LogP contribution in [0.5, 0.6) is 11.6 Å². The summed E-state index contributed by atoms with van der Waals surface area (Å²) in [6, 6.07) is 29.4. The van der Waals surface area contributed by atoms with Gasteiger partial charge in [-0.05, 0) is 61.2 Å². The Morgan fingerprint density at radius 1 is 0.848 bits per heavy atom. The van der Waals surface area contributed by atoms with E-state index in [1.165, 1.54) is 6.07 Å². The molecule has 1 aromatic heterocycles.